The van der Waals surface area contributed by atoms with E-state index in [1.54, 1.807) is 11.8 Å². The topological polar surface area (TPSA) is 43.8 Å². The van der Waals surface area contributed by atoms with Crippen molar-refractivity contribution in [3.8, 4) is 0 Å². The van der Waals surface area contributed by atoms with Gasteiger partial charge in [-0.25, -0.2) is 4.79 Å². The van der Waals surface area contributed by atoms with Crippen LogP contribution in [0.1, 0.15) is 6.92 Å². The van der Waals surface area contributed by atoms with Gasteiger partial charge in [0.1, 0.15) is 0 Å². The molecule has 22 heavy (non-hydrogen) atoms. The van der Waals surface area contributed by atoms with E-state index in [0.717, 1.165) is 14.6 Å². The summed E-state index contributed by atoms with van der Waals surface area (Å²) in [5, 5.41) is 10.7. The maximum atomic E-state index is 12.8. The van der Waals surface area contributed by atoms with Crippen LogP contribution >= 0.6 is 31.9 Å². The number of nitrogens with zero attached hydrogens (tertiary/aromatic N) is 2. The van der Waals surface area contributed by atoms with Gasteiger partial charge in [0.05, 0.1) is 6.54 Å². The monoisotopic (exact) mass is 424 g/mol. The van der Waals surface area contributed by atoms with Crippen LogP contribution in [0.25, 0.3) is 0 Å². The van der Waals surface area contributed by atoms with E-state index < -0.39 is 5.72 Å². The minimum Gasteiger partial charge on any atom is -0.369 e. The molecule has 0 aliphatic carbocycles. The average molecular weight is 426 g/mol. The predicted molar refractivity (Wildman–Crippen MR) is 94.1 cm³/mol. The predicted octanol–water partition coefficient (Wildman–Crippen LogP) is 4.37. The van der Waals surface area contributed by atoms with Crippen molar-refractivity contribution in [2.75, 3.05) is 16.3 Å². The lowest BCUT2D eigenvalue weighted by Crippen LogP contribution is -2.44. The van der Waals surface area contributed by atoms with Crippen LogP contribution in [0.5, 0.6) is 0 Å². The molecule has 1 fully saturated rings. The average Bonchev–Trinajstić information content (AvgIpc) is 2.71. The van der Waals surface area contributed by atoms with Crippen molar-refractivity contribution >= 4 is 49.3 Å². The van der Waals surface area contributed by atoms with E-state index in [-0.39, 0.29) is 12.6 Å². The summed E-state index contributed by atoms with van der Waals surface area (Å²) in [5.74, 6) is 0. The van der Waals surface area contributed by atoms with Gasteiger partial charge in [-0.2, -0.15) is 0 Å². The van der Waals surface area contributed by atoms with E-state index in [2.05, 4.69) is 31.9 Å². The van der Waals surface area contributed by atoms with Crippen molar-refractivity contribution in [1.29, 1.82) is 0 Å². The fraction of sp³-hybridized carbons (Fsp3) is 0.188. The molecule has 6 heteroatoms. The van der Waals surface area contributed by atoms with Crippen LogP contribution < -0.4 is 9.80 Å². The number of amides is 2. The fourth-order valence-corrected chi connectivity index (χ4v) is 3.09. The molecule has 1 N–H and O–H groups in total. The maximum absolute atomic E-state index is 12.8. The molecule has 1 atom stereocenters. The first-order chi connectivity index (χ1) is 10.4. The molecular weight excluding hydrogens is 412 g/mol. The standard InChI is InChI=1S/C16H14Br2N2O2/c1-16(22)10-19(13-6-2-11(17)3-7-13)15(21)20(16)14-8-4-12(18)5-9-14/h2-9,22H,10H2,1H3. The minimum atomic E-state index is -1.27. The molecule has 1 aliphatic heterocycles. The first kappa shape index (κ1) is 15.5. The summed E-state index contributed by atoms with van der Waals surface area (Å²) in [6, 6.07) is 14.5. The van der Waals surface area contributed by atoms with Crippen molar-refractivity contribution in [3.63, 3.8) is 0 Å². The first-order valence-electron chi connectivity index (χ1n) is 6.74. The Morgan fingerprint density at radius 2 is 1.41 bits per heavy atom. The molecule has 4 nitrogen and oxygen atoms in total. The van der Waals surface area contributed by atoms with Crippen LogP contribution in [0, 0.1) is 0 Å². The van der Waals surface area contributed by atoms with Gasteiger partial charge in [0.15, 0.2) is 5.72 Å². The lowest BCUT2D eigenvalue weighted by atomic mass is 10.2. The SMILES string of the molecule is CC1(O)CN(c2ccc(Br)cc2)C(=O)N1c1ccc(Br)cc1. The van der Waals surface area contributed by atoms with E-state index >= 15 is 0 Å². The largest absolute Gasteiger partial charge is 0.369 e. The number of anilines is 2. The Hall–Kier alpha value is -1.37. The second-order valence-electron chi connectivity index (χ2n) is 5.37. The molecule has 0 radical (unpaired) electrons. The summed E-state index contributed by atoms with van der Waals surface area (Å²) in [7, 11) is 0. The Bertz CT molecular complexity index is 699. The number of rotatable bonds is 2. The first-order valence-corrected chi connectivity index (χ1v) is 8.32. The fourth-order valence-electron chi connectivity index (χ4n) is 2.57. The van der Waals surface area contributed by atoms with Crippen molar-refractivity contribution in [2.24, 2.45) is 0 Å². The summed E-state index contributed by atoms with van der Waals surface area (Å²) in [5.41, 5.74) is 0.156. The smallest absolute Gasteiger partial charge is 0.331 e. The van der Waals surface area contributed by atoms with Gasteiger partial charge in [-0.05, 0) is 55.5 Å². The lowest BCUT2D eigenvalue weighted by molar-refractivity contribution is 0.0883. The van der Waals surface area contributed by atoms with Crippen molar-refractivity contribution in [2.45, 2.75) is 12.6 Å². The molecule has 0 saturated carbocycles. The van der Waals surface area contributed by atoms with Gasteiger partial charge in [-0.1, -0.05) is 31.9 Å². The van der Waals surface area contributed by atoms with Gasteiger partial charge < -0.3 is 5.11 Å². The molecule has 2 aromatic carbocycles. The quantitative estimate of drug-likeness (QED) is 0.776. The molecule has 1 unspecified atom stereocenters. The van der Waals surface area contributed by atoms with Crippen LogP contribution in [0.15, 0.2) is 57.5 Å². The zero-order valence-electron chi connectivity index (χ0n) is 11.8. The highest BCUT2D eigenvalue weighted by Crippen LogP contribution is 2.34. The number of carbonyl (C=O) groups excluding carboxylic acids is 1. The number of benzene rings is 2. The summed E-state index contributed by atoms with van der Waals surface area (Å²) in [6.07, 6.45) is 0. The summed E-state index contributed by atoms with van der Waals surface area (Å²) >= 11 is 6.75. The summed E-state index contributed by atoms with van der Waals surface area (Å²) in [6.45, 7) is 1.86. The Morgan fingerprint density at radius 1 is 0.955 bits per heavy atom. The van der Waals surface area contributed by atoms with Gasteiger partial charge in [-0.15, -0.1) is 0 Å². The highest BCUT2D eigenvalue weighted by molar-refractivity contribution is 9.10. The van der Waals surface area contributed by atoms with Gasteiger partial charge >= 0.3 is 6.03 Å². The summed E-state index contributed by atoms with van der Waals surface area (Å²) in [4.78, 5) is 15.8. The van der Waals surface area contributed by atoms with Crippen LogP contribution in [0.2, 0.25) is 0 Å². The van der Waals surface area contributed by atoms with Crippen molar-refractivity contribution in [3.05, 3.63) is 57.5 Å². The molecule has 0 spiro atoms. The number of β-amino-alcohol motifs (C(OH)–C–C–N with tert-alkyl or cyclic N) is 1. The molecule has 3 rings (SSSR count). The van der Waals surface area contributed by atoms with Gasteiger partial charge in [0.25, 0.3) is 0 Å². The molecule has 114 valence electrons. The highest BCUT2D eigenvalue weighted by atomic mass is 79.9. The van der Waals surface area contributed by atoms with Gasteiger partial charge in [0.2, 0.25) is 0 Å². The Kier molecular flexibility index (Phi) is 4.01. The number of halogens is 2. The van der Waals surface area contributed by atoms with Crippen molar-refractivity contribution < 1.29 is 9.90 Å². The molecule has 1 heterocycles. The third-order valence-corrected chi connectivity index (χ3v) is 4.64. The third kappa shape index (κ3) is 2.78. The van der Waals surface area contributed by atoms with E-state index in [9.17, 15) is 9.90 Å². The number of hydrogen-bond acceptors (Lipinski definition) is 2. The zero-order valence-corrected chi connectivity index (χ0v) is 15.0. The molecule has 0 bridgehead atoms. The maximum Gasteiger partial charge on any atom is 0.331 e. The van der Waals surface area contributed by atoms with Crippen molar-refractivity contribution in [1.82, 2.24) is 0 Å². The molecular formula is C16H14Br2N2O2. The second kappa shape index (κ2) is 5.68. The Balaban J connectivity index is 1.97. The van der Waals surface area contributed by atoms with Crippen LogP contribution in [-0.4, -0.2) is 23.4 Å². The number of carbonyl (C=O) groups is 1. The summed E-state index contributed by atoms with van der Waals surface area (Å²) < 4.78 is 1.87. The highest BCUT2D eigenvalue weighted by Gasteiger charge is 2.46. The third-order valence-electron chi connectivity index (χ3n) is 3.58. The van der Waals surface area contributed by atoms with Crippen LogP contribution in [0.4, 0.5) is 16.2 Å². The van der Waals surface area contributed by atoms with E-state index in [4.69, 9.17) is 0 Å². The number of urea groups is 1. The van der Waals surface area contributed by atoms with Crippen LogP contribution in [0.3, 0.4) is 0 Å². The molecule has 2 amide bonds. The zero-order chi connectivity index (χ0) is 15.9. The Morgan fingerprint density at radius 3 is 1.91 bits per heavy atom. The molecule has 0 aromatic heterocycles. The van der Waals surface area contributed by atoms with E-state index in [1.807, 2.05) is 48.5 Å². The number of hydrogen-bond donors (Lipinski definition) is 1. The second-order valence-corrected chi connectivity index (χ2v) is 7.21. The Labute approximate surface area is 145 Å². The van der Waals surface area contributed by atoms with E-state index in [1.165, 1.54) is 4.90 Å². The molecule has 1 saturated heterocycles. The molecule has 1 aliphatic rings. The molecule has 2 aromatic rings. The van der Waals surface area contributed by atoms with Gasteiger partial charge in [-0.3, -0.25) is 9.80 Å². The van der Waals surface area contributed by atoms with Crippen LogP contribution in [-0.2, 0) is 0 Å². The van der Waals surface area contributed by atoms with E-state index in [0.29, 0.717) is 5.69 Å². The number of aliphatic hydroxyl groups is 1. The normalized spacial score (nSPS) is 21.5. The lowest BCUT2D eigenvalue weighted by Gasteiger charge is -2.27. The minimum absolute atomic E-state index is 0.212. The van der Waals surface area contributed by atoms with Gasteiger partial charge in [0, 0.05) is 20.3 Å².